The van der Waals surface area contributed by atoms with Crippen LogP contribution in [0.4, 0.5) is 0 Å². The summed E-state index contributed by atoms with van der Waals surface area (Å²) < 4.78 is 6.89. The van der Waals surface area contributed by atoms with Crippen LogP contribution in [0.1, 0.15) is 60.5 Å². The number of aromatic nitrogens is 3. The van der Waals surface area contributed by atoms with Crippen molar-refractivity contribution >= 4 is 5.91 Å². The van der Waals surface area contributed by atoms with Crippen molar-refractivity contribution in [2.75, 3.05) is 0 Å². The van der Waals surface area contributed by atoms with Crippen LogP contribution in [0.15, 0.2) is 23.0 Å². The molecule has 0 radical (unpaired) electrons. The lowest BCUT2D eigenvalue weighted by molar-refractivity contribution is 0.0234. The Labute approximate surface area is 134 Å². The van der Waals surface area contributed by atoms with Crippen LogP contribution in [-0.2, 0) is 7.05 Å². The summed E-state index contributed by atoms with van der Waals surface area (Å²) in [7, 11) is 1.84. The molecule has 7 heteroatoms. The topological polar surface area (TPSA) is 93.2 Å². The predicted molar refractivity (Wildman–Crippen MR) is 82.7 cm³/mol. The normalized spacial score (nSPS) is 22.0. The van der Waals surface area contributed by atoms with Gasteiger partial charge in [-0.15, -0.1) is 0 Å². The van der Waals surface area contributed by atoms with Crippen molar-refractivity contribution in [2.24, 2.45) is 13.0 Å². The molecule has 1 aliphatic carbocycles. The Morgan fingerprint density at radius 1 is 1.48 bits per heavy atom. The van der Waals surface area contributed by atoms with E-state index in [9.17, 15) is 9.90 Å². The molecule has 0 unspecified atom stereocenters. The van der Waals surface area contributed by atoms with Gasteiger partial charge in [-0.05, 0) is 18.8 Å². The maximum absolute atomic E-state index is 12.5. The molecular weight excluding hydrogens is 296 g/mol. The number of hydrogen-bond acceptors (Lipinski definition) is 5. The molecule has 2 N–H and O–H groups in total. The van der Waals surface area contributed by atoms with Crippen molar-refractivity contribution in [3.8, 4) is 0 Å². The first-order chi connectivity index (χ1) is 10.9. The fourth-order valence-electron chi connectivity index (χ4n) is 2.86. The van der Waals surface area contributed by atoms with Gasteiger partial charge in [0.05, 0.1) is 18.3 Å². The zero-order valence-electron chi connectivity index (χ0n) is 13.6. The third-order valence-corrected chi connectivity index (χ3v) is 4.32. The molecule has 3 rings (SSSR count). The minimum atomic E-state index is -0.282. The van der Waals surface area contributed by atoms with Gasteiger partial charge in [-0.1, -0.05) is 19.0 Å². The summed E-state index contributed by atoms with van der Waals surface area (Å²) in [6.45, 7) is 3.97. The SMILES string of the molecule is CC(C)c1cc(C(=O)N[C@H](c2cnn(C)c2)C2CC(O)C2)no1. The standard InChI is InChI=1S/C16H22N4O3/c1-9(2)14-6-13(19-23-14)16(22)18-15(10-4-12(21)5-10)11-7-17-20(3)8-11/h6-10,12,15,21H,4-5H2,1-3H3,(H,18,22)/t10?,12?,15-/m0/s1. The van der Waals surface area contributed by atoms with Crippen molar-refractivity contribution in [3.05, 3.63) is 35.5 Å². The van der Waals surface area contributed by atoms with E-state index in [-0.39, 0.29) is 35.6 Å². The van der Waals surface area contributed by atoms with E-state index in [0.29, 0.717) is 18.6 Å². The van der Waals surface area contributed by atoms with Gasteiger partial charge >= 0.3 is 0 Å². The molecule has 7 nitrogen and oxygen atoms in total. The quantitative estimate of drug-likeness (QED) is 0.876. The van der Waals surface area contributed by atoms with Crippen LogP contribution >= 0.6 is 0 Å². The number of carbonyl (C=O) groups is 1. The second kappa shape index (κ2) is 6.16. The van der Waals surface area contributed by atoms with E-state index in [2.05, 4.69) is 15.6 Å². The first-order valence-corrected chi connectivity index (χ1v) is 7.88. The van der Waals surface area contributed by atoms with Crippen molar-refractivity contribution in [3.63, 3.8) is 0 Å². The van der Waals surface area contributed by atoms with Crippen LogP contribution < -0.4 is 5.32 Å². The molecule has 2 aromatic rings. The number of aryl methyl sites for hydroxylation is 1. The highest BCUT2D eigenvalue weighted by molar-refractivity contribution is 5.92. The van der Waals surface area contributed by atoms with Crippen LogP contribution in [0.2, 0.25) is 0 Å². The van der Waals surface area contributed by atoms with E-state index in [1.165, 1.54) is 0 Å². The van der Waals surface area contributed by atoms with E-state index in [0.717, 1.165) is 5.56 Å². The Morgan fingerprint density at radius 3 is 2.74 bits per heavy atom. The first-order valence-electron chi connectivity index (χ1n) is 7.88. The largest absolute Gasteiger partial charge is 0.393 e. The molecule has 1 fully saturated rings. The van der Waals surface area contributed by atoms with Crippen LogP contribution in [0, 0.1) is 5.92 Å². The summed E-state index contributed by atoms with van der Waals surface area (Å²) in [5, 5.41) is 20.6. The van der Waals surface area contributed by atoms with Gasteiger partial charge in [0.2, 0.25) is 0 Å². The van der Waals surface area contributed by atoms with E-state index in [4.69, 9.17) is 4.52 Å². The van der Waals surface area contributed by atoms with Crippen LogP contribution in [0.5, 0.6) is 0 Å². The number of hydrogen-bond donors (Lipinski definition) is 2. The van der Waals surface area contributed by atoms with Crippen molar-refractivity contribution in [1.82, 2.24) is 20.3 Å². The van der Waals surface area contributed by atoms with E-state index < -0.39 is 0 Å². The zero-order valence-corrected chi connectivity index (χ0v) is 13.6. The molecule has 2 aromatic heterocycles. The number of carbonyl (C=O) groups excluding carboxylic acids is 1. The minimum absolute atomic E-state index is 0.181. The number of rotatable bonds is 5. The number of nitrogens with one attached hydrogen (secondary N) is 1. The molecule has 23 heavy (non-hydrogen) atoms. The van der Waals surface area contributed by atoms with Gasteiger partial charge in [0.1, 0.15) is 5.76 Å². The van der Waals surface area contributed by atoms with Crippen LogP contribution in [0.25, 0.3) is 0 Å². The van der Waals surface area contributed by atoms with Gasteiger partial charge in [0.25, 0.3) is 5.91 Å². The number of aliphatic hydroxyl groups is 1. The number of amides is 1. The van der Waals surface area contributed by atoms with Crippen molar-refractivity contribution < 1.29 is 14.4 Å². The smallest absolute Gasteiger partial charge is 0.273 e. The van der Waals surface area contributed by atoms with Gasteiger partial charge in [0, 0.05) is 30.8 Å². The molecule has 0 saturated heterocycles. The maximum atomic E-state index is 12.5. The average molecular weight is 318 g/mol. The van der Waals surface area contributed by atoms with Gasteiger partial charge in [-0.3, -0.25) is 9.48 Å². The van der Waals surface area contributed by atoms with Crippen LogP contribution in [-0.4, -0.2) is 32.1 Å². The molecular formula is C16H22N4O3. The summed E-state index contributed by atoms with van der Waals surface area (Å²) >= 11 is 0. The molecule has 124 valence electrons. The maximum Gasteiger partial charge on any atom is 0.273 e. The monoisotopic (exact) mass is 318 g/mol. The summed E-state index contributed by atoms with van der Waals surface area (Å²) in [5.41, 5.74) is 1.22. The summed E-state index contributed by atoms with van der Waals surface area (Å²) in [5.74, 6) is 0.803. The summed E-state index contributed by atoms with van der Waals surface area (Å²) in [6.07, 6.45) is 4.71. The van der Waals surface area contributed by atoms with Crippen molar-refractivity contribution in [2.45, 2.75) is 44.8 Å². The number of nitrogens with zero attached hydrogens (tertiary/aromatic N) is 3. The molecule has 1 atom stereocenters. The lowest BCUT2D eigenvalue weighted by Crippen LogP contribution is -2.41. The van der Waals surface area contributed by atoms with E-state index in [1.54, 1.807) is 16.9 Å². The Kier molecular flexibility index (Phi) is 4.21. The van der Waals surface area contributed by atoms with E-state index >= 15 is 0 Å². The highest BCUT2D eigenvalue weighted by Crippen LogP contribution is 2.38. The summed E-state index contributed by atoms with van der Waals surface area (Å²) in [4.78, 5) is 12.5. The molecule has 0 aliphatic heterocycles. The molecule has 1 saturated carbocycles. The average Bonchev–Trinajstić information content (AvgIpc) is 3.10. The van der Waals surface area contributed by atoms with Crippen LogP contribution in [0.3, 0.4) is 0 Å². The molecule has 0 aromatic carbocycles. The van der Waals surface area contributed by atoms with Gasteiger partial charge in [-0.25, -0.2) is 0 Å². The predicted octanol–water partition coefficient (Wildman–Crippen LogP) is 1.77. The highest BCUT2D eigenvalue weighted by atomic mass is 16.5. The second-order valence-electron chi connectivity index (χ2n) is 6.55. The van der Waals surface area contributed by atoms with Crippen molar-refractivity contribution in [1.29, 1.82) is 0 Å². The lowest BCUT2D eigenvalue weighted by Gasteiger charge is -2.37. The Balaban J connectivity index is 1.76. The Bertz CT molecular complexity index is 685. The third kappa shape index (κ3) is 3.29. The lowest BCUT2D eigenvalue weighted by atomic mass is 9.75. The third-order valence-electron chi connectivity index (χ3n) is 4.32. The Hall–Kier alpha value is -2.15. The molecule has 0 bridgehead atoms. The number of aliphatic hydroxyl groups excluding tert-OH is 1. The van der Waals surface area contributed by atoms with Gasteiger partial charge in [-0.2, -0.15) is 5.10 Å². The molecule has 1 aliphatic rings. The summed E-state index contributed by atoms with van der Waals surface area (Å²) in [6, 6.07) is 1.49. The zero-order chi connectivity index (χ0) is 16.6. The van der Waals surface area contributed by atoms with Gasteiger partial charge < -0.3 is 14.9 Å². The van der Waals surface area contributed by atoms with E-state index in [1.807, 2.05) is 27.1 Å². The fourth-order valence-corrected chi connectivity index (χ4v) is 2.86. The minimum Gasteiger partial charge on any atom is -0.393 e. The Morgan fingerprint density at radius 2 is 2.22 bits per heavy atom. The molecule has 1 amide bonds. The molecule has 0 spiro atoms. The molecule has 2 heterocycles. The second-order valence-corrected chi connectivity index (χ2v) is 6.55. The fraction of sp³-hybridized carbons (Fsp3) is 0.562. The van der Waals surface area contributed by atoms with Gasteiger partial charge in [0.15, 0.2) is 5.69 Å². The highest BCUT2D eigenvalue weighted by Gasteiger charge is 2.36. The first kappa shape index (κ1) is 15.7.